The number of nitrogens with one attached hydrogen (secondary N) is 1. The number of hydrogen-bond donors (Lipinski definition) is 1. The minimum atomic E-state index is 0.176. The molecular formula is C19H35N3O2. The molecule has 3 fully saturated rings. The minimum absolute atomic E-state index is 0.176. The van der Waals surface area contributed by atoms with Crippen LogP contribution < -0.4 is 5.32 Å². The van der Waals surface area contributed by atoms with Crippen LogP contribution in [0.2, 0.25) is 0 Å². The molecule has 0 radical (unpaired) electrons. The molecule has 5 nitrogen and oxygen atoms in total. The smallest absolute Gasteiger partial charge is 0.223 e. The summed E-state index contributed by atoms with van der Waals surface area (Å²) in [6.07, 6.45) is 7.57. The Kier molecular flexibility index (Phi) is 6.93. The van der Waals surface area contributed by atoms with Crippen LogP contribution in [0.1, 0.15) is 45.4 Å². The molecule has 2 atom stereocenters. The number of nitrogens with zero attached hydrogens (tertiary/aromatic N) is 2. The molecule has 138 valence electrons. The van der Waals surface area contributed by atoms with E-state index in [4.69, 9.17) is 4.74 Å². The number of hydrogen-bond acceptors (Lipinski definition) is 4. The van der Waals surface area contributed by atoms with E-state index in [1.54, 1.807) is 0 Å². The molecule has 0 aromatic carbocycles. The predicted molar refractivity (Wildman–Crippen MR) is 96.0 cm³/mol. The van der Waals surface area contributed by atoms with Gasteiger partial charge < -0.3 is 10.1 Å². The first-order valence-electron chi connectivity index (χ1n) is 10.0. The third-order valence-corrected chi connectivity index (χ3v) is 6.06. The van der Waals surface area contributed by atoms with Gasteiger partial charge in [-0.1, -0.05) is 32.6 Å². The van der Waals surface area contributed by atoms with Gasteiger partial charge >= 0.3 is 0 Å². The number of morpholine rings is 1. The van der Waals surface area contributed by atoms with Crippen LogP contribution in [0.15, 0.2) is 0 Å². The maximum Gasteiger partial charge on any atom is 0.223 e. The average molecular weight is 338 g/mol. The van der Waals surface area contributed by atoms with Crippen molar-refractivity contribution in [1.29, 1.82) is 0 Å². The second kappa shape index (κ2) is 9.16. The molecule has 5 heteroatoms. The van der Waals surface area contributed by atoms with E-state index in [0.29, 0.717) is 6.04 Å². The summed E-state index contributed by atoms with van der Waals surface area (Å²) in [7, 11) is 0. The first-order valence-corrected chi connectivity index (χ1v) is 10.0. The van der Waals surface area contributed by atoms with Gasteiger partial charge in [-0.3, -0.25) is 14.6 Å². The van der Waals surface area contributed by atoms with Gasteiger partial charge in [-0.25, -0.2) is 0 Å². The Morgan fingerprint density at radius 3 is 2.54 bits per heavy atom. The van der Waals surface area contributed by atoms with Crippen LogP contribution in [0.4, 0.5) is 0 Å². The molecule has 3 aliphatic rings. The molecule has 1 N–H and O–H groups in total. The van der Waals surface area contributed by atoms with Crippen LogP contribution in [-0.2, 0) is 9.53 Å². The molecule has 0 spiro atoms. The van der Waals surface area contributed by atoms with E-state index in [1.807, 2.05) is 0 Å². The van der Waals surface area contributed by atoms with Gasteiger partial charge in [0.15, 0.2) is 0 Å². The maximum atomic E-state index is 12.4. The fourth-order valence-electron chi connectivity index (χ4n) is 4.46. The van der Waals surface area contributed by atoms with Crippen molar-refractivity contribution in [2.45, 2.75) is 51.5 Å². The first-order chi connectivity index (χ1) is 11.7. The summed E-state index contributed by atoms with van der Waals surface area (Å²) in [5.74, 6) is 1.25. The lowest BCUT2D eigenvalue weighted by Gasteiger charge is -2.28. The molecule has 0 aromatic heterocycles. The summed E-state index contributed by atoms with van der Waals surface area (Å²) in [5.41, 5.74) is 0. The second-order valence-corrected chi connectivity index (χ2v) is 8.04. The Morgan fingerprint density at radius 1 is 1.08 bits per heavy atom. The Hall–Kier alpha value is -0.650. The predicted octanol–water partition coefficient (Wildman–Crippen LogP) is 1.73. The van der Waals surface area contributed by atoms with Crippen LogP contribution in [-0.4, -0.2) is 74.2 Å². The van der Waals surface area contributed by atoms with Gasteiger partial charge in [0.25, 0.3) is 0 Å². The summed E-state index contributed by atoms with van der Waals surface area (Å²) in [6.45, 7) is 10.4. The van der Waals surface area contributed by atoms with Crippen LogP contribution in [0, 0.1) is 11.8 Å². The van der Waals surface area contributed by atoms with E-state index in [1.165, 1.54) is 25.7 Å². The monoisotopic (exact) mass is 337 g/mol. The minimum Gasteiger partial charge on any atom is -0.379 e. The molecular weight excluding hydrogens is 302 g/mol. The second-order valence-electron chi connectivity index (χ2n) is 8.04. The van der Waals surface area contributed by atoms with E-state index < -0.39 is 0 Å². The van der Waals surface area contributed by atoms with E-state index >= 15 is 0 Å². The molecule has 1 amide bonds. The molecule has 3 rings (SSSR count). The van der Waals surface area contributed by atoms with Crippen molar-refractivity contribution in [3.63, 3.8) is 0 Å². The zero-order chi connectivity index (χ0) is 16.8. The van der Waals surface area contributed by atoms with Crippen molar-refractivity contribution in [1.82, 2.24) is 15.1 Å². The highest BCUT2D eigenvalue weighted by Crippen LogP contribution is 2.30. The summed E-state index contributed by atoms with van der Waals surface area (Å²) < 4.78 is 5.40. The Balaban J connectivity index is 1.32. The van der Waals surface area contributed by atoms with Crippen LogP contribution in [0.5, 0.6) is 0 Å². The Bertz CT molecular complexity index is 392. The molecule has 1 saturated carbocycles. The Morgan fingerprint density at radius 2 is 1.79 bits per heavy atom. The van der Waals surface area contributed by atoms with Crippen molar-refractivity contribution < 1.29 is 9.53 Å². The van der Waals surface area contributed by atoms with Gasteiger partial charge in [-0.15, -0.1) is 0 Å². The molecule has 2 heterocycles. The molecule has 0 aromatic rings. The third kappa shape index (κ3) is 5.43. The van der Waals surface area contributed by atoms with Crippen molar-refractivity contribution in [2.75, 3.05) is 52.5 Å². The Labute approximate surface area is 147 Å². The van der Waals surface area contributed by atoms with Gasteiger partial charge in [0.2, 0.25) is 5.91 Å². The van der Waals surface area contributed by atoms with Crippen LogP contribution >= 0.6 is 0 Å². The lowest BCUT2D eigenvalue weighted by molar-refractivity contribution is -0.125. The number of carbonyl (C=O) groups is 1. The summed E-state index contributed by atoms with van der Waals surface area (Å²) in [4.78, 5) is 17.4. The average Bonchev–Trinajstić information content (AvgIpc) is 3.26. The zero-order valence-electron chi connectivity index (χ0n) is 15.3. The van der Waals surface area contributed by atoms with E-state index in [2.05, 4.69) is 22.0 Å². The van der Waals surface area contributed by atoms with Gasteiger partial charge in [-0.2, -0.15) is 0 Å². The molecule has 0 unspecified atom stereocenters. The lowest BCUT2D eigenvalue weighted by atomic mass is 9.94. The van der Waals surface area contributed by atoms with Crippen molar-refractivity contribution in [3.05, 3.63) is 0 Å². The highest BCUT2D eigenvalue weighted by atomic mass is 16.5. The lowest BCUT2D eigenvalue weighted by Crippen LogP contribution is -2.43. The van der Waals surface area contributed by atoms with E-state index in [9.17, 15) is 4.79 Å². The van der Waals surface area contributed by atoms with Crippen molar-refractivity contribution in [2.24, 2.45) is 11.8 Å². The summed E-state index contributed by atoms with van der Waals surface area (Å²) in [6, 6.07) is 0.355. The largest absolute Gasteiger partial charge is 0.379 e. The van der Waals surface area contributed by atoms with Crippen LogP contribution in [0.3, 0.4) is 0 Å². The summed E-state index contributed by atoms with van der Waals surface area (Å²) >= 11 is 0. The number of carbonyl (C=O) groups excluding carboxylic acids is 1. The van der Waals surface area contributed by atoms with Crippen molar-refractivity contribution in [3.8, 4) is 0 Å². The van der Waals surface area contributed by atoms with Crippen molar-refractivity contribution >= 4 is 5.91 Å². The topological polar surface area (TPSA) is 44.8 Å². The van der Waals surface area contributed by atoms with Crippen LogP contribution in [0.25, 0.3) is 0 Å². The fraction of sp³-hybridized carbons (Fsp3) is 0.947. The maximum absolute atomic E-state index is 12.4. The standard InChI is InChI=1S/C19H35N3O2/c1-16(14-17-4-2-3-5-17)19(23)20-18-6-7-22(15-18)9-8-21-10-12-24-13-11-21/h16-18H,2-15H2,1H3,(H,20,23)/t16-,18-/m1/s1. The highest BCUT2D eigenvalue weighted by Gasteiger charge is 2.27. The SMILES string of the molecule is C[C@H](CC1CCCC1)C(=O)N[C@@H]1CCN(CCN2CCOCC2)C1. The number of rotatable bonds is 7. The molecule has 1 aliphatic carbocycles. The van der Waals surface area contributed by atoms with Gasteiger partial charge in [0.05, 0.1) is 13.2 Å². The molecule has 24 heavy (non-hydrogen) atoms. The molecule has 2 aliphatic heterocycles. The van der Waals surface area contributed by atoms with E-state index in [0.717, 1.165) is 71.2 Å². The third-order valence-electron chi connectivity index (χ3n) is 6.06. The zero-order valence-corrected chi connectivity index (χ0v) is 15.3. The normalized spacial score (nSPS) is 28.3. The number of ether oxygens (including phenoxy) is 1. The molecule has 0 bridgehead atoms. The molecule has 2 saturated heterocycles. The quantitative estimate of drug-likeness (QED) is 0.768. The van der Waals surface area contributed by atoms with Gasteiger partial charge in [0, 0.05) is 51.2 Å². The number of amides is 1. The fourth-order valence-corrected chi connectivity index (χ4v) is 4.46. The highest BCUT2D eigenvalue weighted by molar-refractivity contribution is 5.78. The van der Waals surface area contributed by atoms with E-state index in [-0.39, 0.29) is 11.8 Å². The van der Waals surface area contributed by atoms with Gasteiger partial charge in [0.1, 0.15) is 0 Å². The number of likely N-dealkylation sites (tertiary alicyclic amines) is 1. The summed E-state index contributed by atoms with van der Waals surface area (Å²) in [5, 5.41) is 3.31. The first kappa shape index (κ1) is 18.2. The van der Waals surface area contributed by atoms with Gasteiger partial charge in [-0.05, 0) is 18.8 Å².